The first kappa shape index (κ1) is 19.6. The van der Waals surface area contributed by atoms with E-state index >= 15 is 0 Å². The molecule has 0 spiro atoms. The van der Waals surface area contributed by atoms with Crippen molar-refractivity contribution in [1.82, 2.24) is 14.9 Å². The fourth-order valence-corrected chi connectivity index (χ4v) is 4.97. The standard InChI is InChI=1S/C25H19N3OS2/c29-25(19-10-11-22-23(14-19)31-17-27-22)28(16-24-26-12-13-30-24)15-20-8-4-5-9-21(20)18-6-2-1-3-7-18/h1-14,17H,15-16H2. The Morgan fingerprint density at radius 3 is 2.55 bits per heavy atom. The average Bonchev–Trinajstić information content (AvgIpc) is 3.50. The summed E-state index contributed by atoms with van der Waals surface area (Å²) in [4.78, 5) is 24.2. The molecule has 0 fully saturated rings. The first-order valence-corrected chi connectivity index (χ1v) is 11.7. The van der Waals surface area contributed by atoms with Gasteiger partial charge in [0, 0.05) is 23.7 Å². The molecule has 1 amide bonds. The van der Waals surface area contributed by atoms with Gasteiger partial charge in [0.25, 0.3) is 5.91 Å². The third-order valence-corrected chi connectivity index (χ3v) is 6.69. The van der Waals surface area contributed by atoms with Gasteiger partial charge in [-0.25, -0.2) is 9.97 Å². The molecule has 2 heterocycles. The zero-order chi connectivity index (χ0) is 21.0. The van der Waals surface area contributed by atoms with Crippen molar-refractivity contribution in [2.45, 2.75) is 13.1 Å². The second-order valence-corrected chi connectivity index (χ2v) is 9.01. The number of aromatic nitrogens is 2. The Hall–Kier alpha value is -3.35. The maximum absolute atomic E-state index is 13.6. The molecule has 5 rings (SSSR count). The highest BCUT2D eigenvalue weighted by atomic mass is 32.1. The second kappa shape index (κ2) is 8.79. The van der Waals surface area contributed by atoms with Crippen molar-refractivity contribution in [1.29, 1.82) is 0 Å². The number of amides is 1. The Morgan fingerprint density at radius 1 is 0.871 bits per heavy atom. The van der Waals surface area contributed by atoms with E-state index in [1.165, 1.54) is 0 Å². The molecule has 0 radical (unpaired) electrons. The molecule has 0 atom stereocenters. The van der Waals surface area contributed by atoms with Crippen LogP contribution in [0.4, 0.5) is 0 Å². The smallest absolute Gasteiger partial charge is 0.254 e. The van der Waals surface area contributed by atoms with Crippen molar-refractivity contribution in [2.24, 2.45) is 0 Å². The van der Waals surface area contributed by atoms with Crippen LogP contribution in [0.5, 0.6) is 0 Å². The van der Waals surface area contributed by atoms with Crippen molar-refractivity contribution in [3.05, 3.63) is 106 Å². The summed E-state index contributed by atoms with van der Waals surface area (Å²) in [7, 11) is 0. The van der Waals surface area contributed by atoms with Gasteiger partial charge < -0.3 is 4.90 Å². The van der Waals surface area contributed by atoms with Gasteiger partial charge in [-0.15, -0.1) is 22.7 Å². The van der Waals surface area contributed by atoms with Gasteiger partial charge in [-0.3, -0.25) is 4.79 Å². The number of fused-ring (bicyclic) bond motifs is 1. The van der Waals surface area contributed by atoms with Gasteiger partial charge in [0.05, 0.1) is 22.3 Å². The highest BCUT2D eigenvalue weighted by molar-refractivity contribution is 7.16. The van der Waals surface area contributed by atoms with Crippen molar-refractivity contribution in [3.63, 3.8) is 0 Å². The maximum Gasteiger partial charge on any atom is 0.254 e. The summed E-state index contributed by atoms with van der Waals surface area (Å²) in [6.45, 7) is 0.977. The Bertz CT molecular complexity index is 1310. The normalized spacial score (nSPS) is 11.0. The number of carbonyl (C=O) groups excluding carboxylic acids is 1. The van der Waals surface area contributed by atoms with Crippen LogP contribution >= 0.6 is 22.7 Å². The minimum absolute atomic E-state index is 0.00614. The van der Waals surface area contributed by atoms with Gasteiger partial charge in [-0.05, 0) is 34.9 Å². The van der Waals surface area contributed by atoms with E-state index in [1.54, 1.807) is 28.9 Å². The van der Waals surface area contributed by atoms with Gasteiger partial charge in [-0.1, -0.05) is 54.6 Å². The summed E-state index contributed by atoms with van der Waals surface area (Å²) in [6.07, 6.45) is 1.78. The first-order chi connectivity index (χ1) is 15.3. The van der Waals surface area contributed by atoms with E-state index in [0.717, 1.165) is 31.9 Å². The van der Waals surface area contributed by atoms with Crippen LogP contribution in [-0.4, -0.2) is 20.8 Å². The van der Waals surface area contributed by atoms with Crippen molar-refractivity contribution in [2.75, 3.05) is 0 Å². The molecule has 6 heteroatoms. The van der Waals surface area contributed by atoms with Gasteiger partial charge in [-0.2, -0.15) is 0 Å². The molecular formula is C25H19N3OS2. The Morgan fingerprint density at radius 2 is 1.71 bits per heavy atom. The monoisotopic (exact) mass is 441 g/mol. The molecule has 0 saturated carbocycles. The molecule has 0 aliphatic rings. The highest BCUT2D eigenvalue weighted by Gasteiger charge is 2.20. The molecule has 0 aliphatic heterocycles. The molecular weight excluding hydrogens is 422 g/mol. The van der Waals surface area contributed by atoms with E-state index in [-0.39, 0.29) is 5.91 Å². The molecule has 0 aliphatic carbocycles. The van der Waals surface area contributed by atoms with Crippen molar-refractivity contribution >= 4 is 38.8 Å². The van der Waals surface area contributed by atoms with Gasteiger partial charge in [0.15, 0.2) is 0 Å². The van der Waals surface area contributed by atoms with Crippen molar-refractivity contribution in [3.8, 4) is 11.1 Å². The molecule has 4 nitrogen and oxygen atoms in total. The largest absolute Gasteiger partial charge is 0.328 e. The number of carbonyl (C=O) groups is 1. The SMILES string of the molecule is O=C(c1ccc2ncsc2c1)N(Cc1nccs1)Cc1ccccc1-c1ccccc1. The predicted molar refractivity (Wildman–Crippen MR) is 127 cm³/mol. The van der Waals surface area contributed by atoms with Crippen LogP contribution in [0.25, 0.3) is 21.3 Å². The fraction of sp³-hybridized carbons (Fsp3) is 0.0800. The van der Waals surface area contributed by atoms with Crippen LogP contribution in [0.15, 0.2) is 89.9 Å². The molecule has 0 saturated heterocycles. The third kappa shape index (κ3) is 4.26. The maximum atomic E-state index is 13.6. The zero-order valence-corrected chi connectivity index (χ0v) is 18.3. The fourth-order valence-electron chi connectivity index (χ4n) is 3.63. The summed E-state index contributed by atoms with van der Waals surface area (Å²) in [5.74, 6) is -0.00614. The number of nitrogens with zero attached hydrogens (tertiary/aromatic N) is 3. The zero-order valence-electron chi connectivity index (χ0n) is 16.6. The quantitative estimate of drug-likeness (QED) is 0.312. The van der Waals surface area contributed by atoms with Crippen LogP contribution in [0.3, 0.4) is 0 Å². The van der Waals surface area contributed by atoms with E-state index in [1.807, 2.05) is 64.3 Å². The summed E-state index contributed by atoms with van der Waals surface area (Å²) >= 11 is 3.11. The van der Waals surface area contributed by atoms with E-state index in [4.69, 9.17) is 0 Å². The lowest BCUT2D eigenvalue weighted by atomic mass is 9.99. The molecule has 152 valence electrons. The third-order valence-electron chi connectivity index (χ3n) is 5.14. The minimum Gasteiger partial charge on any atom is -0.328 e. The van der Waals surface area contributed by atoms with Crippen LogP contribution in [0.2, 0.25) is 0 Å². The lowest BCUT2D eigenvalue weighted by molar-refractivity contribution is 0.0730. The van der Waals surface area contributed by atoms with Crippen LogP contribution in [-0.2, 0) is 13.1 Å². The van der Waals surface area contributed by atoms with E-state index < -0.39 is 0 Å². The summed E-state index contributed by atoms with van der Waals surface area (Å²) in [6, 6.07) is 24.3. The Kier molecular flexibility index (Phi) is 5.56. The molecule has 0 bridgehead atoms. The summed E-state index contributed by atoms with van der Waals surface area (Å²) < 4.78 is 1.02. The van der Waals surface area contributed by atoms with E-state index in [0.29, 0.717) is 18.7 Å². The second-order valence-electron chi connectivity index (χ2n) is 7.15. The molecule has 5 aromatic rings. The van der Waals surface area contributed by atoms with Crippen LogP contribution < -0.4 is 0 Å². The number of hydrogen-bond donors (Lipinski definition) is 0. The molecule has 0 N–H and O–H groups in total. The van der Waals surface area contributed by atoms with Gasteiger partial charge in [0.2, 0.25) is 0 Å². The highest BCUT2D eigenvalue weighted by Crippen LogP contribution is 2.27. The summed E-state index contributed by atoms with van der Waals surface area (Å²) in [5, 5.41) is 2.86. The average molecular weight is 442 g/mol. The van der Waals surface area contributed by atoms with Gasteiger partial charge in [0.1, 0.15) is 5.01 Å². The number of thiazole rings is 2. The molecule has 31 heavy (non-hydrogen) atoms. The van der Waals surface area contributed by atoms with Crippen LogP contribution in [0, 0.1) is 0 Å². The predicted octanol–water partition coefficient (Wildman–Crippen LogP) is 6.26. The lowest BCUT2D eigenvalue weighted by Gasteiger charge is -2.23. The van der Waals surface area contributed by atoms with Crippen molar-refractivity contribution < 1.29 is 4.79 Å². The van der Waals surface area contributed by atoms with E-state index in [9.17, 15) is 4.79 Å². The number of benzene rings is 3. The molecule has 3 aromatic carbocycles. The number of rotatable bonds is 6. The van der Waals surface area contributed by atoms with E-state index in [2.05, 4.69) is 34.2 Å². The number of hydrogen-bond acceptors (Lipinski definition) is 5. The molecule has 2 aromatic heterocycles. The lowest BCUT2D eigenvalue weighted by Crippen LogP contribution is -2.30. The Labute approximate surface area is 188 Å². The topological polar surface area (TPSA) is 46.1 Å². The van der Waals surface area contributed by atoms with Crippen LogP contribution in [0.1, 0.15) is 20.9 Å². The Balaban J connectivity index is 1.51. The molecule has 0 unspecified atom stereocenters. The first-order valence-electron chi connectivity index (χ1n) is 9.92. The van der Waals surface area contributed by atoms with Gasteiger partial charge >= 0.3 is 0 Å². The minimum atomic E-state index is -0.00614. The summed E-state index contributed by atoms with van der Waals surface area (Å²) in [5.41, 5.74) is 6.79.